The van der Waals surface area contributed by atoms with Gasteiger partial charge in [0.25, 0.3) is 0 Å². The maximum atomic E-state index is 5.53. The zero-order chi connectivity index (χ0) is 11.0. The molecule has 0 rings (SSSR count). The lowest BCUT2D eigenvalue weighted by atomic mass is 9.87. The van der Waals surface area contributed by atoms with Crippen molar-refractivity contribution in [1.82, 2.24) is 5.32 Å². The summed E-state index contributed by atoms with van der Waals surface area (Å²) >= 11 is 0. The van der Waals surface area contributed by atoms with Gasteiger partial charge in [-0.2, -0.15) is 0 Å². The first-order valence-corrected chi connectivity index (χ1v) is 5.88. The number of nitrogens with one attached hydrogen (secondary N) is 1. The molecule has 0 bridgehead atoms. The van der Waals surface area contributed by atoms with Crippen LogP contribution in [0.25, 0.3) is 0 Å². The Morgan fingerprint density at radius 3 is 2.21 bits per heavy atom. The molecule has 2 atom stereocenters. The zero-order valence-corrected chi connectivity index (χ0v) is 10.5. The van der Waals surface area contributed by atoms with E-state index in [0.717, 1.165) is 31.5 Å². The summed E-state index contributed by atoms with van der Waals surface area (Å²) in [4.78, 5) is 0. The molecule has 2 unspecified atom stereocenters. The molecule has 14 heavy (non-hydrogen) atoms. The van der Waals surface area contributed by atoms with Gasteiger partial charge in [-0.3, -0.25) is 0 Å². The Morgan fingerprint density at radius 1 is 1.14 bits per heavy atom. The molecule has 0 aromatic rings. The summed E-state index contributed by atoms with van der Waals surface area (Å²) in [6.07, 6.45) is 2.29. The first kappa shape index (κ1) is 13.9. The summed E-state index contributed by atoms with van der Waals surface area (Å²) in [5, 5.41) is 3.33. The highest BCUT2D eigenvalue weighted by atomic mass is 16.5. The van der Waals surface area contributed by atoms with Crippen LogP contribution in [0.3, 0.4) is 0 Å². The second-order valence-electron chi connectivity index (χ2n) is 4.39. The molecule has 86 valence electrons. The van der Waals surface area contributed by atoms with Crippen molar-refractivity contribution in [1.29, 1.82) is 0 Å². The van der Waals surface area contributed by atoms with Crippen LogP contribution in [0.15, 0.2) is 0 Å². The fourth-order valence-electron chi connectivity index (χ4n) is 1.84. The van der Waals surface area contributed by atoms with Gasteiger partial charge in [0.2, 0.25) is 0 Å². The third-order valence-electron chi connectivity index (χ3n) is 2.90. The summed E-state index contributed by atoms with van der Waals surface area (Å²) in [6, 6.07) is 0.584. The summed E-state index contributed by atoms with van der Waals surface area (Å²) < 4.78 is 5.53. The molecule has 0 spiro atoms. The van der Waals surface area contributed by atoms with Crippen LogP contribution in [-0.2, 0) is 4.74 Å². The maximum Gasteiger partial charge on any atom is 0.0469 e. The van der Waals surface area contributed by atoms with E-state index in [1.807, 2.05) is 7.05 Å². The molecule has 0 saturated carbocycles. The fourth-order valence-corrected chi connectivity index (χ4v) is 1.84. The smallest absolute Gasteiger partial charge is 0.0469 e. The van der Waals surface area contributed by atoms with Crippen LogP contribution in [0.5, 0.6) is 0 Å². The first-order chi connectivity index (χ1) is 6.63. The predicted octanol–water partition coefficient (Wildman–Crippen LogP) is 2.68. The minimum atomic E-state index is 0.584. The molecule has 2 heteroatoms. The van der Waals surface area contributed by atoms with Crippen molar-refractivity contribution in [3.8, 4) is 0 Å². The molecule has 2 nitrogen and oxygen atoms in total. The molecule has 0 saturated heterocycles. The van der Waals surface area contributed by atoms with Gasteiger partial charge in [0.05, 0.1) is 0 Å². The quantitative estimate of drug-likeness (QED) is 0.610. The SMILES string of the molecule is CCCOCCC(C(C)C)C(C)NC. The van der Waals surface area contributed by atoms with Crippen LogP contribution in [-0.4, -0.2) is 26.3 Å². The van der Waals surface area contributed by atoms with E-state index in [0.29, 0.717) is 6.04 Å². The van der Waals surface area contributed by atoms with Gasteiger partial charge >= 0.3 is 0 Å². The third-order valence-corrected chi connectivity index (χ3v) is 2.90. The number of hydrogen-bond donors (Lipinski definition) is 1. The Morgan fingerprint density at radius 2 is 1.79 bits per heavy atom. The molecule has 0 amide bonds. The van der Waals surface area contributed by atoms with E-state index in [2.05, 4.69) is 33.0 Å². The highest BCUT2D eigenvalue weighted by Crippen LogP contribution is 2.19. The van der Waals surface area contributed by atoms with Crippen LogP contribution in [0.4, 0.5) is 0 Å². The van der Waals surface area contributed by atoms with Gasteiger partial charge in [-0.05, 0) is 38.6 Å². The van der Waals surface area contributed by atoms with Gasteiger partial charge < -0.3 is 10.1 Å². The monoisotopic (exact) mass is 201 g/mol. The van der Waals surface area contributed by atoms with Gasteiger partial charge in [0, 0.05) is 19.3 Å². The van der Waals surface area contributed by atoms with Crippen molar-refractivity contribution in [2.75, 3.05) is 20.3 Å². The molecule has 0 aliphatic heterocycles. The summed E-state index contributed by atoms with van der Waals surface area (Å²) in [7, 11) is 2.03. The van der Waals surface area contributed by atoms with E-state index >= 15 is 0 Å². The molecule has 0 radical (unpaired) electrons. The van der Waals surface area contributed by atoms with E-state index in [1.165, 1.54) is 6.42 Å². The standard InChI is InChI=1S/C12H27NO/c1-6-8-14-9-7-12(10(2)3)11(4)13-5/h10-13H,6-9H2,1-5H3. The van der Waals surface area contributed by atoms with Gasteiger partial charge in [-0.15, -0.1) is 0 Å². The van der Waals surface area contributed by atoms with Crippen molar-refractivity contribution in [3.05, 3.63) is 0 Å². The van der Waals surface area contributed by atoms with Crippen LogP contribution in [0, 0.1) is 11.8 Å². The van der Waals surface area contributed by atoms with Crippen molar-refractivity contribution < 1.29 is 4.74 Å². The lowest BCUT2D eigenvalue weighted by molar-refractivity contribution is 0.106. The van der Waals surface area contributed by atoms with E-state index in [-0.39, 0.29) is 0 Å². The Hall–Kier alpha value is -0.0800. The molecule has 0 heterocycles. The molecular weight excluding hydrogens is 174 g/mol. The Bertz CT molecular complexity index is 125. The highest BCUT2D eigenvalue weighted by Gasteiger charge is 2.18. The third kappa shape index (κ3) is 5.61. The van der Waals surface area contributed by atoms with Crippen molar-refractivity contribution >= 4 is 0 Å². The number of ether oxygens (including phenoxy) is 1. The topological polar surface area (TPSA) is 21.3 Å². The average molecular weight is 201 g/mol. The van der Waals surface area contributed by atoms with E-state index in [1.54, 1.807) is 0 Å². The lowest BCUT2D eigenvalue weighted by Gasteiger charge is -2.27. The second-order valence-corrected chi connectivity index (χ2v) is 4.39. The zero-order valence-electron chi connectivity index (χ0n) is 10.5. The average Bonchev–Trinajstić information content (AvgIpc) is 2.16. The number of rotatable bonds is 8. The largest absolute Gasteiger partial charge is 0.381 e. The van der Waals surface area contributed by atoms with Crippen molar-refractivity contribution in [2.24, 2.45) is 11.8 Å². The normalized spacial score (nSPS) is 15.9. The van der Waals surface area contributed by atoms with Gasteiger partial charge in [0.15, 0.2) is 0 Å². The van der Waals surface area contributed by atoms with Crippen molar-refractivity contribution in [2.45, 2.75) is 46.6 Å². The van der Waals surface area contributed by atoms with Crippen LogP contribution < -0.4 is 5.32 Å². The molecule has 0 aromatic heterocycles. The van der Waals surface area contributed by atoms with Gasteiger partial charge in [-0.1, -0.05) is 20.8 Å². The minimum absolute atomic E-state index is 0.584. The van der Waals surface area contributed by atoms with Crippen LogP contribution in [0.1, 0.15) is 40.5 Å². The minimum Gasteiger partial charge on any atom is -0.381 e. The van der Waals surface area contributed by atoms with Gasteiger partial charge in [-0.25, -0.2) is 0 Å². The van der Waals surface area contributed by atoms with Crippen molar-refractivity contribution in [3.63, 3.8) is 0 Å². The fraction of sp³-hybridized carbons (Fsp3) is 1.00. The maximum absolute atomic E-state index is 5.53. The highest BCUT2D eigenvalue weighted by molar-refractivity contribution is 4.73. The molecule has 1 N–H and O–H groups in total. The Labute approximate surface area is 89.4 Å². The van der Waals surface area contributed by atoms with Crippen LogP contribution in [0.2, 0.25) is 0 Å². The van der Waals surface area contributed by atoms with E-state index < -0.39 is 0 Å². The summed E-state index contributed by atoms with van der Waals surface area (Å²) in [6.45, 7) is 10.8. The van der Waals surface area contributed by atoms with E-state index in [4.69, 9.17) is 4.74 Å². The van der Waals surface area contributed by atoms with Gasteiger partial charge in [0.1, 0.15) is 0 Å². The Balaban J connectivity index is 3.74. The molecule has 0 aromatic carbocycles. The molecule has 0 fully saturated rings. The predicted molar refractivity (Wildman–Crippen MR) is 62.6 cm³/mol. The van der Waals surface area contributed by atoms with E-state index in [9.17, 15) is 0 Å². The molecule has 0 aliphatic carbocycles. The molecule has 0 aliphatic rings. The van der Waals surface area contributed by atoms with Crippen LogP contribution >= 0.6 is 0 Å². The second kappa shape index (κ2) is 8.25. The Kier molecular flexibility index (Phi) is 8.20. The first-order valence-electron chi connectivity index (χ1n) is 5.88. The number of hydrogen-bond acceptors (Lipinski definition) is 2. The summed E-state index contributed by atoms with van der Waals surface area (Å²) in [5.41, 5.74) is 0. The summed E-state index contributed by atoms with van der Waals surface area (Å²) in [5.74, 6) is 1.44. The lowest BCUT2D eigenvalue weighted by Crippen LogP contribution is -2.34. The molecular formula is C12H27NO.